The van der Waals surface area contributed by atoms with Crippen LogP contribution in [0.15, 0.2) is 15.5 Å². The lowest BCUT2D eigenvalue weighted by molar-refractivity contribution is 0.366. The fourth-order valence-corrected chi connectivity index (χ4v) is 2.22. The van der Waals surface area contributed by atoms with Gasteiger partial charge < -0.3 is 9.84 Å². The molecule has 0 saturated carbocycles. The van der Waals surface area contributed by atoms with E-state index in [0.29, 0.717) is 41.7 Å². The molecule has 0 aliphatic heterocycles. The first-order valence-electron chi connectivity index (χ1n) is 7.36. The van der Waals surface area contributed by atoms with Crippen molar-refractivity contribution in [1.29, 1.82) is 0 Å². The number of hydrogen-bond acceptors (Lipinski definition) is 7. The quantitative estimate of drug-likeness (QED) is 0.743. The number of nitrogens with zero attached hydrogens (tertiary/aromatic N) is 5. The molecule has 0 amide bonds. The minimum absolute atomic E-state index is 0.221. The second kappa shape index (κ2) is 5.49. The van der Waals surface area contributed by atoms with Crippen LogP contribution < -0.4 is 10.9 Å². The van der Waals surface area contributed by atoms with Crippen LogP contribution >= 0.6 is 0 Å². The highest BCUT2D eigenvalue weighted by molar-refractivity contribution is 5.74. The number of fused-ring (bicyclic) bond motifs is 1. The Hall–Kier alpha value is -2.71. The number of aryl methyl sites for hydroxylation is 1. The molecule has 9 nitrogen and oxygen atoms in total. The van der Waals surface area contributed by atoms with Crippen molar-refractivity contribution in [2.24, 2.45) is 0 Å². The summed E-state index contributed by atoms with van der Waals surface area (Å²) in [5.74, 6) is 1.53. The van der Waals surface area contributed by atoms with Gasteiger partial charge in [0.25, 0.3) is 5.56 Å². The van der Waals surface area contributed by atoms with E-state index in [1.807, 2.05) is 20.8 Å². The van der Waals surface area contributed by atoms with Gasteiger partial charge in [0, 0.05) is 13.0 Å². The Morgan fingerprint density at radius 2 is 2.13 bits per heavy atom. The van der Waals surface area contributed by atoms with Crippen LogP contribution in [0.5, 0.6) is 0 Å². The SMILES string of the molecule is Cc1noc(CCNc2nc3c(cnn3C(C)(C)C)c(=O)[nH]2)n1. The zero-order valence-corrected chi connectivity index (χ0v) is 13.5. The lowest BCUT2D eigenvalue weighted by atomic mass is 10.1. The summed E-state index contributed by atoms with van der Waals surface area (Å²) in [5.41, 5.74) is 0.0696. The van der Waals surface area contributed by atoms with Crippen molar-refractivity contribution in [3.05, 3.63) is 28.3 Å². The Bertz CT molecular complexity index is 885. The lowest BCUT2D eigenvalue weighted by Gasteiger charge is -2.19. The lowest BCUT2D eigenvalue weighted by Crippen LogP contribution is -2.24. The number of rotatable bonds is 4. The number of aromatic amines is 1. The molecule has 3 aromatic rings. The first kappa shape index (κ1) is 15.2. The van der Waals surface area contributed by atoms with Gasteiger partial charge in [0.1, 0.15) is 5.39 Å². The molecule has 23 heavy (non-hydrogen) atoms. The minimum Gasteiger partial charge on any atom is -0.355 e. The van der Waals surface area contributed by atoms with Crippen molar-refractivity contribution in [3.63, 3.8) is 0 Å². The molecule has 9 heteroatoms. The van der Waals surface area contributed by atoms with Crippen molar-refractivity contribution < 1.29 is 4.52 Å². The maximum absolute atomic E-state index is 12.1. The van der Waals surface area contributed by atoms with Crippen LogP contribution in [-0.2, 0) is 12.0 Å². The van der Waals surface area contributed by atoms with Gasteiger partial charge in [-0.15, -0.1) is 0 Å². The van der Waals surface area contributed by atoms with Crippen LogP contribution in [0.2, 0.25) is 0 Å². The van der Waals surface area contributed by atoms with Crippen molar-refractivity contribution in [3.8, 4) is 0 Å². The van der Waals surface area contributed by atoms with Gasteiger partial charge in [-0.05, 0) is 27.7 Å². The van der Waals surface area contributed by atoms with E-state index in [-0.39, 0.29) is 11.1 Å². The van der Waals surface area contributed by atoms with Crippen molar-refractivity contribution in [2.45, 2.75) is 39.7 Å². The van der Waals surface area contributed by atoms with Gasteiger partial charge in [-0.2, -0.15) is 15.1 Å². The Kier molecular flexibility index (Phi) is 3.63. The van der Waals surface area contributed by atoms with Crippen molar-refractivity contribution in [2.75, 3.05) is 11.9 Å². The third kappa shape index (κ3) is 3.08. The smallest absolute Gasteiger partial charge is 0.263 e. The summed E-state index contributed by atoms with van der Waals surface area (Å²) in [7, 11) is 0. The summed E-state index contributed by atoms with van der Waals surface area (Å²) in [5, 5.41) is 11.5. The predicted molar refractivity (Wildman–Crippen MR) is 84.4 cm³/mol. The van der Waals surface area contributed by atoms with Crippen LogP contribution in [0.25, 0.3) is 11.0 Å². The summed E-state index contributed by atoms with van der Waals surface area (Å²) >= 11 is 0. The van der Waals surface area contributed by atoms with E-state index in [9.17, 15) is 4.79 Å². The topological polar surface area (TPSA) is 115 Å². The van der Waals surface area contributed by atoms with Gasteiger partial charge in [-0.25, -0.2) is 4.68 Å². The second-order valence-electron chi connectivity index (χ2n) is 6.29. The van der Waals surface area contributed by atoms with E-state index in [4.69, 9.17) is 4.52 Å². The molecule has 0 bridgehead atoms. The standard InChI is InChI=1S/C14H19N7O2/c1-8-17-10(23-20-8)5-6-15-13-18-11-9(12(22)19-13)7-16-21(11)14(2,3)4/h7H,5-6H2,1-4H3,(H2,15,18,19,22). The third-order valence-electron chi connectivity index (χ3n) is 3.27. The van der Waals surface area contributed by atoms with E-state index in [1.165, 1.54) is 6.20 Å². The van der Waals surface area contributed by atoms with Crippen LogP contribution in [0.4, 0.5) is 5.95 Å². The average Bonchev–Trinajstić information content (AvgIpc) is 3.05. The first-order valence-corrected chi connectivity index (χ1v) is 7.36. The van der Waals surface area contributed by atoms with Gasteiger partial charge >= 0.3 is 0 Å². The van der Waals surface area contributed by atoms with E-state index >= 15 is 0 Å². The van der Waals surface area contributed by atoms with E-state index in [0.717, 1.165) is 0 Å². The van der Waals surface area contributed by atoms with Crippen molar-refractivity contribution in [1.82, 2.24) is 29.9 Å². The van der Waals surface area contributed by atoms with E-state index < -0.39 is 0 Å². The largest absolute Gasteiger partial charge is 0.355 e. The number of nitrogens with one attached hydrogen (secondary N) is 2. The highest BCUT2D eigenvalue weighted by Crippen LogP contribution is 2.18. The molecule has 122 valence electrons. The van der Waals surface area contributed by atoms with Gasteiger partial charge in [0.15, 0.2) is 11.5 Å². The summed E-state index contributed by atoms with van der Waals surface area (Å²) in [4.78, 5) is 23.4. The Labute approximate surface area is 132 Å². The fraction of sp³-hybridized carbons (Fsp3) is 0.500. The maximum Gasteiger partial charge on any atom is 0.263 e. The molecule has 0 unspecified atom stereocenters. The molecular weight excluding hydrogens is 298 g/mol. The molecule has 0 aliphatic carbocycles. The molecule has 0 saturated heterocycles. The molecular formula is C14H19N7O2. The first-order chi connectivity index (χ1) is 10.8. The van der Waals surface area contributed by atoms with Gasteiger partial charge in [0.2, 0.25) is 11.8 Å². The molecule has 2 N–H and O–H groups in total. The molecule has 3 aromatic heterocycles. The normalized spacial score (nSPS) is 12.0. The summed E-state index contributed by atoms with van der Waals surface area (Å²) in [6.45, 7) is 8.30. The molecule has 0 radical (unpaired) electrons. The van der Waals surface area contributed by atoms with Crippen LogP contribution in [0, 0.1) is 6.92 Å². The van der Waals surface area contributed by atoms with Gasteiger partial charge in [0.05, 0.1) is 11.7 Å². The fourth-order valence-electron chi connectivity index (χ4n) is 2.22. The molecule has 0 aromatic carbocycles. The molecule has 0 atom stereocenters. The van der Waals surface area contributed by atoms with Gasteiger partial charge in [-0.3, -0.25) is 9.78 Å². The molecule has 0 spiro atoms. The van der Waals surface area contributed by atoms with Crippen LogP contribution in [0.1, 0.15) is 32.5 Å². The highest BCUT2D eigenvalue weighted by atomic mass is 16.5. The predicted octanol–water partition coefficient (Wildman–Crippen LogP) is 1.22. The Balaban J connectivity index is 1.82. The van der Waals surface area contributed by atoms with E-state index in [2.05, 4.69) is 30.5 Å². The van der Waals surface area contributed by atoms with E-state index in [1.54, 1.807) is 11.6 Å². The third-order valence-corrected chi connectivity index (χ3v) is 3.27. The zero-order valence-electron chi connectivity index (χ0n) is 13.5. The number of aromatic nitrogens is 6. The van der Waals surface area contributed by atoms with Crippen LogP contribution in [-0.4, -0.2) is 36.4 Å². The Morgan fingerprint density at radius 1 is 1.35 bits per heavy atom. The molecule has 0 fully saturated rings. The summed E-state index contributed by atoms with van der Waals surface area (Å²) in [6.07, 6.45) is 2.08. The minimum atomic E-state index is -0.263. The zero-order chi connectivity index (χ0) is 16.6. The molecule has 3 heterocycles. The summed E-state index contributed by atoms with van der Waals surface area (Å²) < 4.78 is 6.78. The monoisotopic (exact) mass is 317 g/mol. The molecule has 0 aliphatic rings. The highest BCUT2D eigenvalue weighted by Gasteiger charge is 2.19. The van der Waals surface area contributed by atoms with Crippen molar-refractivity contribution >= 4 is 17.0 Å². The second-order valence-corrected chi connectivity index (χ2v) is 6.29. The molecule has 3 rings (SSSR count). The van der Waals surface area contributed by atoms with Gasteiger partial charge in [-0.1, -0.05) is 5.16 Å². The number of anilines is 1. The maximum atomic E-state index is 12.1. The summed E-state index contributed by atoms with van der Waals surface area (Å²) in [6, 6.07) is 0. The number of H-pyrrole nitrogens is 1. The number of hydrogen-bond donors (Lipinski definition) is 2. The van der Waals surface area contributed by atoms with Crippen LogP contribution in [0.3, 0.4) is 0 Å². The Morgan fingerprint density at radius 3 is 2.78 bits per heavy atom. The average molecular weight is 317 g/mol.